The molecule has 0 aliphatic carbocycles. The van der Waals surface area contributed by atoms with Crippen molar-refractivity contribution >= 4 is 28.7 Å². The maximum absolute atomic E-state index is 5.36. The number of thiocarbonyl (C=S) groups is 1. The Balaban J connectivity index is 1.81. The van der Waals surface area contributed by atoms with Gasteiger partial charge in [0.15, 0.2) is 5.11 Å². The molecule has 5 heteroatoms. The number of hydrogen-bond donors (Lipinski definition) is 2. The van der Waals surface area contributed by atoms with E-state index in [1.165, 1.54) is 11.3 Å². The van der Waals surface area contributed by atoms with Crippen molar-refractivity contribution in [2.24, 2.45) is 0 Å². The molecule has 4 nitrogen and oxygen atoms in total. The molecule has 0 aliphatic heterocycles. The van der Waals surface area contributed by atoms with E-state index < -0.39 is 0 Å². The van der Waals surface area contributed by atoms with Crippen molar-refractivity contribution in [3.8, 4) is 5.75 Å². The maximum Gasteiger partial charge on any atom is 0.170 e. The zero-order valence-electron chi connectivity index (χ0n) is 14.5. The summed E-state index contributed by atoms with van der Waals surface area (Å²) in [5.74, 6) is 0.805. The second-order valence-electron chi connectivity index (χ2n) is 5.53. The van der Waals surface area contributed by atoms with Crippen LogP contribution in [-0.2, 0) is 0 Å². The minimum absolute atomic E-state index is 0.614. The van der Waals surface area contributed by atoms with E-state index in [1.807, 2.05) is 24.3 Å². The second kappa shape index (κ2) is 9.13. The summed E-state index contributed by atoms with van der Waals surface area (Å²) in [5, 5.41) is 7.04. The Labute approximate surface area is 149 Å². The largest absolute Gasteiger partial charge is 0.497 e. The van der Waals surface area contributed by atoms with Crippen LogP contribution < -0.4 is 20.3 Å². The fraction of sp³-hybridized carbons (Fsp3) is 0.316. The highest BCUT2D eigenvalue weighted by molar-refractivity contribution is 7.80. The standard InChI is InChI=1S/C19H25N3OS/c1-4-22(17-10-8-15(2)9-11-17)13-12-20-19(24)21-16-6-5-7-18(14-16)23-3/h5-11,14H,4,12-13H2,1-3H3,(H2,20,21,24). The second-order valence-corrected chi connectivity index (χ2v) is 5.94. The topological polar surface area (TPSA) is 36.5 Å². The first-order chi connectivity index (χ1) is 11.6. The first-order valence-electron chi connectivity index (χ1n) is 8.13. The third kappa shape index (κ3) is 5.42. The number of aryl methyl sites for hydroxylation is 1. The molecule has 0 unspecified atom stereocenters. The number of benzene rings is 2. The van der Waals surface area contributed by atoms with Crippen molar-refractivity contribution in [3.05, 3.63) is 54.1 Å². The SMILES string of the molecule is CCN(CCNC(=S)Nc1cccc(OC)c1)c1ccc(C)cc1. The Morgan fingerprint density at radius 1 is 1.17 bits per heavy atom. The minimum atomic E-state index is 0.614. The number of rotatable bonds is 7. The minimum Gasteiger partial charge on any atom is -0.497 e. The van der Waals surface area contributed by atoms with Gasteiger partial charge in [-0.2, -0.15) is 0 Å². The van der Waals surface area contributed by atoms with Gasteiger partial charge in [-0.25, -0.2) is 0 Å². The van der Waals surface area contributed by atoms with Crippen molar-refractivity contribution < 1.29 is 4.74 Å². The highest BCUT2D eigenvalue weighted by atomic mass is 32.1. The molecule has 0 fully saturated rings. The van der Waals surface area contributed by atoms with Gasteiger partial charge in [-0.3, -0.25) is 0 Å². The van der Waals surface area contributed by atoms with Gasteiger partial charge in [0.2, 0.25) is 0 Å². The highest BCUT2D eigenvalue weighted by Gasteiger charge is 2.04. The molecule has 0 bridgehead atoms. The Kier molecular flexibility index (Phi) is 6.88. The molecule has 2 rings (SSSR count). The fourth-order valence-corrected chi connectivity index (χ4v) is 2.63. The van der Waals surface area contributed by atoms with E-state index in [9.17, 15) is 0 Å². The molecule has 128 valence electrons. The molecular weight excluding hydrogens is 318 g/mol. The van der Waals surface area contributed by atoms with Crippen LogP contribution in [0.3, 0.4) is 0 Å². The van der Waals surface area contributed by atoms with Crippen LogP contribution in [0.5, 0.6) is 5.75 Å². The number of hydrogen-bond acceptors (Lipinski definition) is 3. The van der Waals surface area contributed by atoms with Crippen molar-refractivity contribution in [2.75, 3.05) is 37.0 Å². The predicted octanol–water partition coefficient (Wildman–Crippen LogP) is 3.82. The molecule has 2 aromatic rings. The van der Waals surface area contributed by atoms with Crippen LogP contribution in [0, 0.1) is 6.92 Å². The van der Waals surface area contributed by atoms with Crippen molar-refractivity contribution in [1.82, 2.24) is 5.32 Å². The zero-order valence-corrected chi connectivity index (χ0v) is 15.3. The Hall–Kier alpha value is -2.27. The Bertz CT molecular complexity index is 658. The predicted molar refractivity (Wildman–Crippen MR) is 106 cm³/mol. The van der Waals surface area contributed by atoms with E-state index in [-0.39, 0.29) is 0 Å². The van der Waals surface area contributed by atoms with Gasteiger partial charge in [-0.05, 0) is 50.3 Å². The van der Waals surface area contributed by atoms with Crippen LogP contribution in [-0.4, -0.2) is 31.9 Å². The molecule has 0 spiro atoms. The van der Waals surface area contributed by atoms with Gasteiger partial charge in [0.1, 0.15) is 5.75 Å². The van der Waals surface area contributed by atoms with Crippen LogP contribution in [0.25, 0.3) is 0 Å². The number of methoxy groups -OCH3 is 1. The molecule has 0 aromatic heterocycles. The Morgan fingerprint density at radius 2 is 1.92 bits per heavy atom. The quantitative estimate of drug-likeness (QED) is 0.748. The number of anilines is 2. The van der Waals surface area contributed by atoms with Crippen LogP contribution in [0.15, 0.2) is 48.5 Å². The van der Waals surface area contributed by atoms with Crippen LogP contribution in [0.2, 0.25) is 0 Å². The summed E-state index contributed by atoms with van der Waals surface area (Å²) >= 11 is 5.36. The molecule has 0 heterocycles. The van der Waals surface area contributed by atoms with Gasteiger partial charge >= 0.3 is 0 Å². The summed E-state index contributed by atoms with van der Waals surface area (Å²) in [7, 11) is 1.65. The van der Waals surface area contributed by atoms with E-state index in [1.54, 1.807) is 7.11 Å². The smallest absolute Gasteiger partial charge is 0.170 e. The number of likely N-dealkylation sites (N-methyl/N-ethyl adjacent to an activating group) is 1. The monoisotopic (exact) mass is 343 g/mol. The summed E-state index contributed by atoms with van der Waals surface area (Å²) in [6, 6.07) is 16.3. The van der Waals surface area contributed by atoms with Gasteiger partial charge in [-0.15, -0.1) is 0 Å². The summed E-state index contributed by atoms with van der Waals surface area (Å²) in [6.45, 7) is 6.88. The lowest BCUT2D eigenvalue weighted by Crippen LogP contribution is -2.36. The van der Waals surface area contributed by atoms with Crippen LogP contribution >= 0.6 is 12.2 Å². The molecule has 0 aliphatic rings. The van der Waals surface area contributed by atoms with Gasteiger partial charge in [0.05, 0.1) is 7.11 Å². The molecule has 2 aromatic carbocycles. The fourth-order valence-electron chi connectivity index (χ4n) is 2.41. The van der Waals surface area contributed by atoms with Gasteiger partial charge in [0.25, 0.3) is 0 Å². The summed E-state index contributed by atoms with van der Waals surface area (Å²) in [4.78, 5) is 2.32. The third-order valence-corrected chi connectivity index (χ3v) is 4.02. The van der Waals surface area contributed by atoms with Crippen molar-refractivity contribution in [1.29, 1.82) is 0 Å². The van der Waals surface area contributed by atoms with E-state index in [0.717, 1.165) is 31.1 Å². The van der Waals surface area contributed by atoms with Crippen molar-refractivity contribution in [2.45, 2.75) is 13.8 Å². The first kappa shape index (κ1) is 18.1. The average molecular weight is 343 g/mol. The van der Waals surface area contributed by atoms with Crippen LogP contribution in [0.4, 0.5) is 11.4 Å². The maximum atomic E-state index is 5.36. The summed E-state index contributed by atoms with van der Waals surface area (Å²) in [6.07, 6.45) is 0. The lowest BCUT2D eigenvalue weighted by Gasteiger charge is -2.24. The highest BCUT2D eigenvalue weighted by Crippen LogP contribution is 2.16. The number of nitrogens with zero attached hydrogens (tertiary/aromatic N) is 1. The normalized spacial score (nSPS) is 10.1. The molecule has 0 saturated heterocycles. The molecule has 2 N–H and O–H groups in total. The molecule has 0 radical (unpaired) electrons. The zero-order chi connectivity index (χ0) is 17.4. The lowest BCUT2D eigenvalue weighted by molar-refractivity contribution is 0.415. The number of ether oxygens (including phenoxy) is 1. The summed E-state index contributed by atoms with van der Waals surface area (Å²) < 4.78 is 5.21. The van der Waals surface area contributed by atoms with Gasteiger partial charge in [0, 0.05) is 37.1 Å². The average Bonchev–Trinajstić information content (AvgIpc) is 2.60. The van der Waals surface area contributed by atoms with Gasteiger partial charge < -0.3 is 20.3 Å². The van der Waals surface area contributed by atoms with E-state index in [0.29, 0.717) is 5.11 Å². The number of nitrogens with one attached hydrogen (secondary N) is 2. The lowest BCUT2D eigenvalue weighted by atomic mass is 10.2. The third-order valence-electron chi connectivity index (χ3n) is 3.78. The van der Waals surface area contributed by atoms with Crippen LogP contribution in [0.1, 0.15) is 12.5 Å². The molecule has 0 atom stereocenters. The summed E-state index contributed by atoms with van der Waals surface area (Å²) in [5.41, 5.74) is 3.42. The van der Waals surface area contributed by atoms with E-state index in [4.69, 9.17) is 17.0 Å². The van der Waals surface area contributed by atoms with Crippen molar-refractivity contribution in [3.63, 3.8) is 0 Å². The Morgan fingerprint density at radius 3 is 2.58 bits per heavy atom. The van der Waals surface area contributed by atoms with E-state index in [2.05, 4.69) is 53.6 Å². The molecule has 24 heavy (non-hydrogen) atoms. The van der Waals surface area contributed by atoms with Gasteiger partial charge in [-0.1, -0.05) is 23.8 Å². The first-order valence-corrected chi connectivity index (χ1v) is 8.53. The van der Waals surface area contributed by atoms with E-state index >= 15 is 0 Å². The molecule has 0 amide bonds. The molecular formula is C19H25N3OS. The molecule has 0 saturated carbocycles.